The summed E-state index contributed by atoms with van der Waals surface area (Å²) in [7, 11) is 1.00. The molecule has 0 atom stereocenters. The highest BCUT2D eigenvalue weighted by molar-refractivity contribution is 5.75. The van der Waals surface area contributed by atoms with Gasteiger partial charge in [0.15, 0.2) is 0 Å². The summed E-state index contributed by atoms with van der Waals surface area (Å²) in [5.41, 5.74) is 3.30. The third-order valence-corrected chi connectivity index (χ3v) is 17.3. The Balaban J connectivity index is 0. The number of ketones is 1. The van der Waals surface area contributed by atoms with Crippen molar-refractivity contribution in [2.45, 2.75) is 401 Å². The van der Waals surface area contributed by atoms with Gasteiger partial charge in [-0.3, -0.25) is 0 Å². The highest BCUT2D eigenvalue weighted by atomic mass is 16.5. The second-order valence-electron chi connectivity index (χ2n) is 25.3. The molecule has 0 bridgehead atoms. The number of allylic oxidation sites excluding steroid dienone is 4. The van der Waals surface area contributed by atoms with Crippen molar-refractivity contribution in [3.8, 4) is 0 Å². The number of hydrogen-bond acceptors (Lipinski definition) is 6. The van der Waals surface area contributed by atoms with Gasteiger partial charge in [0.25, 0.3) is 0 Å². The van der Waals surface area contributed by atoms with Crippen LogP contribution in [0.4, 0.5) is 0 Å². The first-order chi connectivity index (χ1) is 40.4. The summed E-state index contributed by atoms with van der Waals surface area (Å²) in [5, 5.41) is 18.6. The lowest BCUT2D eigenvalue weighted by Crippen LogP contribution is -2.19. The lowest BCUT2D eigenvalue weighted by molar-refractivity contribution is -0.117. The number of carbonyl (C=O) groups excluding carboxylic acids is 1. The quantitative estimate of drug-likeness (QED) is 0.0319. The molecule has 0 aliphatic heterocycles. The molecule has 0 heterocycles. The van der Waals surface area contributed by atoms with E-state index in [9.17, 15) is 4.79 Å². The summed E-state index contributed by atoms with van der Waals surface area (Å²) >= 11 is 0. The van der Waals surface area contributed by atoms with Crippen molar-refractivity contribution >= 4 is 5.78 Å². The average molecular weight is 1160 g/mol. The number of hydrogen-bond donors (Lipinski definition) is 3. The number of aliphatic hydroxyl groups excluding tert-OH is 2. The fourth-order valence-corrected chi connectivity index (χ4v) is 11.4. The van der Waals surface area contributed by atoms with Crippen LogP contribution in [-0.2, 0) is 14.3 Å². The molecular formula is C75H150NO6+. The minimum absolute atomic E-state index is 0.221. The molecule has 7 nitrogen and oxygen atoms in total. The maximum absolute atomic E-state index is 10.6. The molecule has 0 aromatic rings. The molecule has 0 saturated heterocycles. The number of Topliss-reactive ketones (excluding diaryl/α,β-unsaturated/α-hetero) is 1. The van der Waals surface area contributed by atoms with Gasteiger partial charge in [0, 0.05) is 45.8 Å². The Bertz CT molecular complexity index is 1280. The summed E-state index contributed by atoms with van der Waals surface area (Å²) in [4.78, 5) is 10.6. The lowest BCUT2D eigenvalue weighted by atomic mass is 9.89. The number of unbranched alkanes of at least 4 members (excludes halogenated alkanes) is 31. The normalized spacial score (nSPS) is 12.7. The zero-order chi connectivity index (χ0) is 60.3. The van der Waals surface area contributed by atoms with Crippen LogP contribution in [0.25, 0.3) is 0 Å². The van der Waals surface area contributed by atoms with Crippen LogP contribution in [-0.4, -0.2) is 73.5 Å². The van der Waals surface area contributed by atoms with Crippen molar-refractivity contribution in [1.82, 2.24) is 5.32 Å². The van der Waals surface area contributed by atoms with Crippen LogP contribution in [0, 0.1) is 5.92 Å². The third kappa shape index (κ3) is 58.9. The van der Waals surface area contributed by atoms with E-state index < -0.39 is 0 Å². The summed E-state index contributed by atoms with van der Waals surface area (Å²) in [5.74, 6) is 4.15. The maximum Gasteiger partial charge on any atom is 0.144 e. The molecule has 0 aromatic heterocycles. The fourth-order valence-electron chi connectivity index (χ4n) is 11.4. The third-order valence-electron chi connectivity index (χ3n) is 17.3. The average Bonchev–Trinajstić information content (AvgIpc) is 3.47. The SMILES string of the molecule is CC(=O)CCCCCCCNCCO.CCCCCC(CCCC)CCCC.CCCCCCCCCOC(CCCCCCC[OH+]CCCCCCC(OC(CCCCCCCC)CCCCCCCC)=C1CCC1)=C1CCC1.CO. The Morgan fingerprint density at radius 3 is 1.24 bits per heavy atom. The van der Waals surface area contributed by atoms with Crippen molar-refractivity contribution in [1.29, 1.82) is 0 Å². The standard InChI is InChI=1S/C49H92O3.C14H30.C11H23NO2.CH4O/c1-4-7-10-13-16-23-31-44-51-48(45-34-32-35-45)40-27-20-17-22-29-42-50-43-30-24-21-28-41-49(46-36-33-37-46)52-47(38-25-18-14-11-8-5-2)39-26-19-15-12-9-6-3;1-4-7-10-13-14(11-8-5-2)12-9-6-3;1-11(14)7-5-3-2-4-6-8-12-9-10-13;1-2/h47H,4-44H2,1-3H3;14H,4-13H2,1-3H3;12-13H,2-10H2,1H3;2H,1H3/p+1. The molecule has 2 aliphatic carbocycles. The molecule has 82 heavy (non-hydrogen) atoms. The second kappa shape index (κ2) is 70.4. The van der Waals surface area contributed by atoms with E-state index >= 15 is 0 Å². The minimum Gasteiger partial charge on any atom is -0.498 e. The molecule has 0 amide bonds. The van der Waals surface area contributed by atoms with E-state index in [0.717, 1.165) is 52.2 Å². The van der Waals surface area contributed by atoms with E-state index in [4.69, 9.17) is 24.4 Å². The van der Waals surface area contributed by atoms with Gasteiger partial charge in [-0.05, 0) is 140 Å². The molecular weight excluding hydrogens is 1010 g/mol. The van der Waals surface area contributed by atoms with Gasteiger partial charge in [0.05, 0.1) is 30.8 Å². The highest BCUT2D eigenvalue weighted by Crippen LogP contribution is 2.34. The zero-order valence-electron chi connectivity index (χ0n) is 57.1. The summed E-state index contributed by atoms with van der Waals surface area (Å²) in [6, 6.07) is 0. The fraction of sp³-hybridized carbons (Fsp3) is 0.933. The summed E-state index contributed by atoms with van der Waals surface area (Å²) < 4.78 is 18.2. The molecule has 0 unspecified atom stereocenters. The summed E-state index contributed by atoms with van der Waals surface area (Å²) in [6.45, 7) is 20.5. The minimum atomic E-state index is 0.221. The van der Waals surface area contributed by atoms with E-state index in [2.05, 4.69) is 46.9 Å². The van der Waals surface area contributed by atoms with Gasteiger partial charge in [0.1, 0.15) is 19.0 Å². The number of rotatable bonds is 60. The van der Waals surface area contributed by atoms with Crippen LogP contribution in [0.5, 0.6) is 0 Å². The Morgan fingerprint density at radius 1 is 0.427 bits per heavy atom. The van der Waals surface area contributed by atoms with Crippen molar-refractivity contribution in [2.24, 2.45) is 5.92 Å². The van der Waals surface area contributed by atoms with Gasteiger partial charge in [-0.2, -0.15) is 0 Å². The van der Waals surface area contributed by atoms with Crippen LogP contribution in [0.15, 0.2) is 22.7 Å². The number of ether oxygens (including phenoxy) is 3. The highest BCUT2D eigenvalue weighted by Gasteiger charge is 2.20. The molecule has 7 heteroatoms. The first-order valence-corrected chi connectivity index (χ1v) is 37.0. The molecule has 490 valence electrons. The van der Waals surface area contributed by atoms with Crippen LogP contribution in [0.3, 0.4) is 0 Å². The first-order valence-electron chi connectivity index (χ1n) is 37.0. The van der Waals surface area contributed by atoms with E-state index in [1.165, 1.54) is 345 Å². The van der Waals surface area contributed by atoms with E-state index in [0.29, 0.717) is 18.4 Å². The Kier molecular flexibility index (Phi) is 70.9. The second-order valence-corrected chi connectivity index (χ2v) is 25.3. The summed E-state index contributed by atoms with van der Waals surface area (Å²) in [6.07, 6.45) is 72.2. The van der Waals surface area contributed by atoms with Gasteiger partial charge in [-0.15, -0.1) is 0 Å². The van der Waals surface area contributed by atoms with Crippen molar-refractivity contribution in [2.75, 3.05) is 46.6 Å². The molecule has 0 aromatic carbocycles. The van der Waals surface area contributed by atoms with Crippen molar-refractivity contribution in [3.63, 3.8) is 0 Å². The van der Waals surface area contributed by atoms with Gasteiger partial charge in [-0.1, -0.05) is 247 Å². The Labute approximate surface area is 514 Å². The van der Waals surface area contributed by atoms with E-state index in [1.807, 2.05) is 0 Å². The predicted octanol–water partition coefficient (Wildman–Crippen LogP) is 23.0. The van der Waals surface area contributed by atoms with Crippen LogP contribution < -0.4 is 5.32 Å². The molecule has 2 aliphatic rings. The monoisotopic (exact) mass is 1160 g/mol. The Hall–Kier alpha value is -1.41. The van der Waals surface area contributed by atoms with Gasteiger partial charge in [0.2, 0.25) is 0 Å². The molecule has 2 rings (SSSR count). The smallest absolute Gasteiger partial charge is 0.144 e. The van der Waals surface area contributed by atoms with Crippen LogP contribution in [0.2, 0.25) is 0 Å². The zero-order valence-corrected chi connectivity index (χ0v) is 57.1. The van der Waals surface area contributed by atoms with Crippen molar-refractivity contribution in [3.05, 3.63) is 22.7 Å². The van der Waals surface area contributed by atoms with E-state index in [-0.39, 0.29) is 6.61 Å². The number of nitrogens with one attached hydrogen (secondary N) is 1. The molecule has 0 spiro atoms. The molecule has 2 fully saturated rings. The van der Waals surface area contributed by atoms with Crippen molar-refractivity contribution < 1.29 is 29.2 Å². The van der Waals surface area contributed by atoms with E-state index in [1.54, 1.807) is 18.1 Å². The number of aliphatic hydroxyl groups is 4. The van der Waals surface area contributed by atoms with Gasteiger partial charge in [-0.25, -0.2) is 0 Å². The molecule has 2 saturated carbocycles. The van der Waals surface area contributed by atoms with Gasteiger partial charge < -0.3 is 34.5 Å². The Morgan fingerprint density at radius 2 is 0.793 bits per heavy atom. The largest absolute Gasteiger partial charge is 0.498 e. The van der Waals surface area contributed by atoms with Crippen LogP contribution >= 0.6 is 0 Å². The number of carbonyl (C=O) groups is 1. The molecule has 4 N–H and O–H groups in total. The van der Waals surface area contributed by atoms with Gasteiger partial charge >= 0.3 is 0 Å². The maximum atomic E-state index is 10.6. The molecule has 0 radical (unpaired) electrons. The topological polar surface area (TPSA) is 101 Å². The van der Waals surface area contributed by atoms with Crippen LogP contribution in [0.1, 0.15) is 395 Å². The predicted molar refractivity (Wildman–Crippen MR) is 362 cm³/mol. The lowest BCUT2D eigenvalue weighted by Gasteiger charge is -2.27. The first kappa shape index (κ1) is 82.7.